The van der Waals surface area contributed by atoms with Crippen LogP contribution in [0.2, 0.25) is 0 Å². The summed E-state index contributed by atoms with van der Waals surface area (Å²) in [7, 11) is 1.65. The van der Waals surface area contributed by atoms with Gasteiger partial charge in [-0.1, -0.05) is 18.2 Å². The van der Waals surface area contributed by atoms with Crippen LogP contribution in [0.5, 0.6) is 5.88 Å². The number of benzene rings is 1. The van der Waals surface area contributed by atoms with E-state index in [2.05, 4.69) is 32.0 Å². The SMILES string of the molecule is Cc1cccc(N2NNN(C)C2=O)c1COc1cccc(Br)n1. The standard InChI is InChI=1S/C15H16BrN5O2/c1-10-5-3-6-12(21-15(22)20(2)18-19-21)11(10)9-23-14-8-4-7-13(16)17-14/h3-8,18-19H,9H2,1-2H3. The number of amides is 2. The summed E-state index contributed by atoms with van der Waals surface area (Å²) in [5.41, 5.74) is 8.25. The van der Waals surface area contributed by atoms with Crippen molar-refractivity contribution in [3.05, 3.63) is 52.1 Å². The topological polar surface area (TPSA) is 69.7 Å². The number of urea groups is 1. The molecule has 0 spiro atoms. The molecule has 3 rings (SSSR count). The van der Waals surface area contributed by atoms with Gasteiger partial charge in [0.05, 0.1) is 5.69 Å². The van der Waals surface area contributed by atoms with Gasteiger partial charge in [0.2, 0.25) is 5.88 Å². The molecule has 0 saturated carbocycles. The monoisotopic (exact) mass is 377 g/mol. The predicted octanol–water partition coefficient (Wildman–Crippen LogP) is 2.53. The van der Waals surface area contributed by atoms with Crippen LogP contribution in [0.15, 0.2) is 41.0 Å². The molecule has 0 unspecified atom stereocenters. The maximum absolute atomic E-state index is 12.2. The highest BCUT2D eigenvalue weighted by Crippen LogP contribution is 2.26. The van der Waals surface area contributed by atoms with E-state index in [9.17, 15) is 4.79 Å². The van der Waals surface area contributed by atoms with Gasteiger partial charge < -0.3 is 4.74 Å². The Balaban J connectivity index is 1.85. The number of anilines is 1. The van der Waals surface area contributed by atoms with Gasteiger partial charge in [-0.05, 0) is 40.5 Å². The zero-order chi connectivity index (χ0) is 16.4. The second kappa shape index (κ2) is 6.53. The van der Waals surface area contributed by atoms with Crippen LogP contribution in [-0.2, 0) is 6.61 Å². The number of rotatable bonds is 4. The van der Waals surface area contributed by atoms with Crippen LogP contribution >= 0.6 is 15.9 Å². The summed E-state index contributed by atoms with van der Waals surface area (Å²) in [6.07, 6.45) is 0. The first kappa shape index (κ1) is 15.7. The summed E-state index contributed by atoms with van der Waals surface area (Å²) in [6.45, 7) is 2.29. The largest absolute Gasteiger partial charge is 0.473 e. The van der Waals surface area contributed by atoms with Crippen LogP contribution in [0.3, 0.4) is 0 Å². The Hall–Kier alpha value is -2.16. The molecular formula is C15H16BrN5O2. The van der Waals surface area contributed by atoms with E-state index < -0.39 is 0 Å². The van der Waals surface area contributed by atoms with Crippen molar-refractivity contribution in [1.29, 1.82) is 0 Å². The molecule has 8 heteroatoms. The normalized spacial score (nSPS) is 14.5. The first-order valence-corrected chi connectivity index (χ1v) is 7.78. The van der Waals surface area contributed by atoms with E-state index >= 15 is 0 Å². The highest BCUT2D eigenvalue weighted by Gasteiger charge is 2.28. The first-order chi connectivity index (χ1) is 11.1. The Morgan fingerprint density at radius 3 is 2.70 bits per heavy atom. The van der Waals surface area contributed by atoms with E-state index in [1.165, 1.54) is 10.0 Å². The number of hydrogen-bond acceptors (Lipinski definition) is 5. The smallest absolute Gasteiger partial charge is 0.355 e. The van der Waals surface area contributed by atoms with Crippen LogP contribution in [0.4, 0.5) is 10.5 Å². The molecule has 1 fully saturated rings. The van der Waals surface area contributed by atoms with Crippen molar-refractivity contribution in [1.82, 2.24) is 21.1 Å². The van der Waals surface area contributed by atoms with Gasteiger partial charge in [0.25, 0.3) is 0 Å². The maximum Gasteiger partial charge on any atom is 0.355 e. The van der Waals surface area contributed by atoms with Gasteiger partial charge in [0.1, 0.15) is 11.2 Å². The Bertz CT molecular complexity index is 740. The number of aryl methyl sites for hydroxylation is 1. The van der Waals surface area contributed by atoms with E-state index in [1.54, 1.807) is 13.1 Å². The Labute approximate surface area is 142 Å². The summed E-state index contributed by atoms with van der Waals surface area (Å²) in [6, 6.07) is 11.0. The number of hydrazine groups is 3. The lowest BCUT2D eigenvalue weighted by Gasteiger charge is -2.19. The zero-order valence-electron chi connectivity index (χ0n) is 12.7. The highest BCUT2D eigenvalue weighted by molar-refractivity contribution is 9.10. The fraction of sp³-hybridized carbons (Fsp3) is 0.200. The average Bonchev–Trinajstić information content (AvgIpc) is 2.86. The molecule has 2 aromatic rings. The Morgan fingerprint density at radius 2 is 2.00 bits per heavy atom. The van der Waals surface area contributed by atoms with E-state index in [0.717, 1.165) is 16.8 Å². The molecule has 23 heavy (non-hydrogen) atoms. The molecule has 1 aromatic heterocycles. The summed E-state index contributed by atoms with van der Waals surface area (Å²) in [5.74, 6) is 0.518. The van der Waals surface area contributed by atoms with Crippen molar-refractivity contribution >= 4 is 27.6 Å². The number of carbonyl (C=O) groups excluding carboxylic acids is 1. The minimum absolute atomic E-state index is 0.197. The third kappa shape index (κ3) is 3.29. The quantitative estimate of drug-likeness (QED) is 0.801. The second-order valence-electron chi connectivity index (χ2n) is 5.06. The van der Waals surface area contributed by atoms with Crippen LogP contribution in [0.1, 0.15) is 11.1 Å². The third-order valence-electron chi connectivity index (χ3n) is 3.49. The minimum Gasteiger partial charge on any atom is -0.473 e. The van der Waals surface area contributed by atoms with Crippen molar-refractivity contribution in [3.63, 3.8) is 0 Å². The van der Waals surface area contributed by atoms with Gasteiger partial charge in [-0.15, -0.1) is 11.1 Å². The molecule has 0 aliphatic carbocycles. The van der Waals surface area contributed by atoms with E-state index in [4.69, 9.17) is 4.74 Å². The van der Waals surface area contributed by atoms with E-state index in [0.29, 0.717) is 17.1 Å². The first-order valence-electron chi connectivity index (χ1n) is 6.99. The molecule has 1 aliphatic heterocycles. The van der Waals surface area contributed by atoms with Crippen molar-refractivity contribution in [3.8, 4) is 5.88 Å². The number of pyridine rings is 1. The molecule has 2 amide bonds. The van der Waals surface area contributed by atoms with E-state index in [-0.39, 0.29) is 6.03 Å². The number of nitrogens with one attached hydrogen (secondary N) is 2. The molecule has 7 nitrogen and oxygen atoms in total. The third-order valence-corrected chi connectivity index (χ3v) is 3.93. The second-order valence-corrected chi connectivity index (χ2v) is 5.87. The summed E-state index contributed by atoms with van der Waals surface area (Å²) >= 11 is 3.32. The molecule has 120 valence electrons. The van der Waals surface area contributed by atoms with Crippen molar-refractivity contribution in [2.45, 2.75) is 13.5 Å². The lowest BCUT2D eigenvalue weighted by Crippen LogP contribution is -2.38. The van der Waals surface area contributed by atoms with Crippen molar-refractivity contribution in [2.75, 3.05) is 12.1 Å². The highest BCUT2D eigenvalue weighted by atomic mass is 79.9. The van der Waals surface area contributed by atoms with Crippen molar-refractivity contribution in [2.24, 2.45) is 0 Å². The number of aromatic nitrogens is 1. The van der Waals surface area contributed by atoms with Gasteiger partial charge in [-0.3, -0.25) is 0 Å². The minimum atomic E-state index is -0.197. The Morgan fingerprint density at radius 1 is 1.22 bits per heavy atom. The van der Waals surface area contributed by atoms with Crippen LogP contribution in [0.25, 0.3) is 0 Å². The van der Waals surface area contributed by atoms with Crippen molar-refractivity contribution < 1.29 is 9.53 Å². The lowest BCUT2D eigenvalue weighted by molar-refractivity contribution is 0.214. The van der Waals surface area contributed by atoms with Gasteiger partial charge in [0, 0.05) is 18.7 Å². The lowest BCUT2D eigenvalue weighted by atomic mass is 10.1. The summed E-state index contributed by atoms with van der Waals surface area (Å²) in [4.78, 5) is 16.4. The van der Waals surface area contributed by atoms with Crippen LogP contribution < -0.4 is 20.8 Å². The number of halogens is 1. The van der Waals surface area contributed by atoms with Crippen LogP contribution in [0, 0.1) is 6.92 Å². The summed E-state index contributed by atoms with van der Waals surface area (Å²) < 4.78 is 6.49. The van der Waals surface area contributed by atoms with Crippen LogP contribution in [-0.4, -0.2) is 23.1 Å². The number of carbonyl (C=O) groups is 1. The average molecular weight is 378 g/mol. The predicted molar refractivity (Wildman–Crippen MR) is 89.4 cm³/mol. The van der Waals surface area contributed by atoms with E-state index in [1.807, 2.05) is 37.3 Å². The molecular weight excluding hydrogens is 362 g/mol. The molecule has 0 radical (unpaired) electrons. The molecule has 1 aromatic carbocycles. The number of ether oxygens (including phenoxy) is 1. The fourth-order valence-electron chi connectivity index (χ4n) is 2.23. The molecule has 2 heterocycles. The van der Waals surface area contributed by atoms with Gasteiger partial charge in [-0.2, -0.15) is 0 Å². The molecule has 1 saturated heterocycles. The maximum atomic E-state index is 12.2. The molecule has 0 atom stereocenters. The molecule has 0 bridgehead atoms. The number of hydrogen-bond donors (Lipinski definition) is 2. The summed E-state index contributed by atoms with van der Waals surface area (Å²) in [5, 5.41) is 2.81. The van der Waals surface area contributed by atoms with Gasteiger partial charge >= 0.3 is 6.03 Å². The zero-order valence-corrected chi connectivity index (χ0v) is 14.3. The fourth-order valence-corrected chi connectivity index (χ4v) is 2.56. The molecule has 2 N–H and O–H groups in total. The number of nitrogens with zero attached hydrogens (tertiary/aromatic N) is 3. The Kier molecular flexibility index (Phi) is 4.46. The van der Waals surface area contributed by atoms with Gasteiger partial charge in [0.15, 0.2) is 0 Å². The molecule has 1 aliphatic rings. The van der Waals surface area contributed by atoms with Gasteiger partial charge in [-0.25, -0.2) is 19.8 Å².